The molecule has 0 saturated carbocycles. The highest BCUT2D eigenvalue weighted by molar-refractivity contribution is 8.00. The van der Waals surface area contributed by atoms with Crippen LogP contribution in [0.2, 0.25) is 0 Å². The SMILES string of the molecule is Cc1ccccc1SCC(=O)N(C)[C@@H](C)c1cccc([N+](=O)[O-])c1. The lowest BCUT2D eigenvalue weighted by atomic mass is 10.1. The molecule has 0 aliphatic carbocycles. The zero-order valence-corrected chi connectivity index (χ0v) is 14.7. The molecule has 0 aliphatic heterocycles. The van der Waals surface area contributed by atoms with Crippen LogP contribution in [0.4, 0.5) is 5.69 Å². The summed E-state index contributed by atoms with van der Waals surface area (Å²) in [6.45, 7) is 3.89. The number of benzene rings is 2. The number of non-ortho nitro benzene ring substituents is 1. The van der Waals surface area contributed by atoms with Gasteiger partial charge in [0.1, 0.15) is 0 Å². The van der Waals surface area contributed by atoms with Crippen LogP contribution in [0.5, 0.6) is 0 Å². The first-order valence-corrected chi connectivity index (χ1v) is 8.57. The van der Waals surface area contributed by atoms with Crippen LogP contribution < -0.4 is 0 Å². The summed E-state index contributed by atoms with van der Waals surface area (Å²) in [4.78, 5) is 25.6. The highest BCUT2D eigenvalue weighted by atomic mass is 32.2. The molecule has 1 atom stereocenters. The first-order valence-electron chi connectivity index (χ1n) is 7.58. The van der Waals surface area contributed by atoms with Crippen molar-refractivity contribution >= 4 is 23.4 Å². The second kappa shape index (κ2) is 7.97. The van der Waals surface area contributed by atoms with Crippen LogP contribution in [0.15, 0.2) is 53.4 Å². The number of aryl methyl sites for hydroxylation is 1. The first-order chi connectivity index (χ1) is 11.4. The lowest BCUT2D eigenvalue weighted by Crippen LogP contribution is -2.31. The van der Waals surface area contributed by atoms with Gasteiger partial charge in [0.25, 0.3) is 5.69 Å². The molecule has 0 saturated heterocycles. The third-order valence-electron chi connectivity index (χ3n) is 3.98. The average molecular weight is 344 g/mol. The van der Waals surface area contributed by atoms with Crippen molar-refractivity contribution in [2.75, 3.05) is 12.8 Å². The molecule has 0 unspecified atom stereocenters. The van der Waals surface area contributed by atoms with Gasteiger partial charge in [-0.2, -0.15) is 0 Å². The zero-order chi connectivity index (χ0) is 17.7. The summed E-state index contributed by atoms with van der Waals surface area (Å²) in [6.07, 6.45) is 0. The van der Waals surface area contributed by atoms with Crippen LogP contribution in [0.3, 0.4) is 0 Å². The Bertz CT molecular complexity index is 749. The molecular weight excluding hydrogens is 324 g/mol. The van der Waals surface area contributed by atoms with Crippen molar-refractivity contribution < 1.29 is 9.72 Å². The minimum atomic E-state index is -0.425. The molecule has 5 nitrogen and oxygen atoms in total. The number of hydrogen-bond acceptors (Lipinski definition) is 4. The van der Waals surface area contributed by atoms with Gasteiger partial charge >= 0.3 is 0 Å². The number of nitro groups is 1. The summed E-state index contributed by atoms with van der Waals surface area (Å²) in [7, 11) is 1.73. The molecule has 126 valence electrons. The van der Waals surface area contributed by atoms with Gasteiger partial charge in [0, 0.05) is 24.1 Å². The van der Waals surface area contributed by atoms with E-state index in [2.05, 4.69) is 0 Å². The summed E-state index contributed by atoms with van der Waals surface area (Å²) in [5.41, 5.74) is 1.93. The number of rotatable bonds is 6. The van der Waals surface area contributed by atoms with E-state index in [0.29, 0.717) is 5.75 Å². The number of thioether (sulfide) groups is 1. The third kappa shape index (κ3) is 4.35. The fourth-order valence-corrected chi connectivity index (χ4v) is 3.25. The highest BCUT2D eigenvalue weighted by Crippen LogP contribution is 2.26. The molecule has 2 aromatic rings. The second-order valence-electron chi connectivity index (χ2n) is 5.59. The van der Waals surface area contributed by atoms with Crippen molar-refractivity contribution in [2.45, 2.75) is 24.8 Å². The van der Waals surface area contributed by atoms with Crippen molar-refractivity contribution in [1.82, 2.24) is 4.90 Å². The third-order valence-corrected chi connectivity index (χ3v) is 5.14. The Labute approximate surface area is 145 Å². The molecule has 0 bridgehead atoms. The van der Waals surface area contributed by atoms with E-state index in [1.807, 2.05) is 38.1 Å². The maximum absolute atomic E-state index is 12.4. The van der Waals surface area contributed by atoms with Crippen LogP contribution >= 0.6 is 11.8 Å². The Balaban J connectivity index is 2.03. The van der Waals surface area contributed by atoms with Crippen molar-refractivity contribution in [3.8, 4) is 0 Å². The van der Waals surface area contributed by atoms with Gasteiger partial charge in [-0.1, -0.05) is 30.3 Å². The minimum absolute atomic E-state index is 0.0118. The first kappa shape index (κ1) is 18.0. The average Bonchev–Trinajstić information content (AvgIpc) is 2.59. The quantitative estimate of drug-likeness (QED) is 0.447. The maximum atomic E-state index is 12.4. The summed E-state index contributed by atoms with van der Waals surface area (Å²) < 4.78 is 0. The minimum Gasteiger partial charge on any atom is -0.338 e. The van der Waals surface area contributed by atoms with Crippen LogP contribution in [0.25, 0.3) is 0 Å². The maximum Gasteiger partial charge on any atom is 0.269 e. The largest absolute Gasteiger partial charge is 0.338 e. The standard InChI is InChI=1S/C18H20N2O3S/c1-13-7-4-5-10-17(13)24-12-18(21)19(3)14(2)15-8-6-9-16(11-15)20(22)23/h4-11,14H,12H2,1-3H3/t14-/m0/s1. The van der Waals surface area contributed by atoms with Crippen molar-refractivity contribution in [2.24, 2.45) is 0 Å². The molecule has 6 heteroatoms. The van der Waals surface area contributed by atoms with Crippen LogP contribution in [-0.4, -0.2) is 28.5 Å². The number of amides is 1. The normalized spacial score (nSPS) is 11.8. The molecule has 2 aromatic carbocycles. The predicted octanol–water partition coefficient (Wildman–Crippen LogP) is 4.21. The number of carbonyl (C=O) groups excluding carboxylic acids is 1. The molecule has 0 fully saturated rings. The van der Waals surface area contributed by atoms with Crippen molar-refractivity contribution in [3.63, 3.8) is 0 Å². The van der Waals surface area contributed by atoms with E-state index >= 15 is 0 Å². The van der Waals surface area contributed by atoms with Gasteiger partial charge in [-0.3, -0.25) is 14.9 Å². The molecule has 0 N–H and O–H groups in total. The number of nitro benzene ring substituents is 1. The van der Waals surface area contributed by atoms with E-state index in [0.717, 1.165) is 16.0 Å². The Morgan fingerprint density at radius 2 is 1.96 bits per heavy atom. The van der Waals surface area contributed by atoms with Crippen LogP contribution in [-0.2, 0) is 4.79 Å². The summed E-state index contributed by atoms with van der Waals surface area (Å²) >= 11 is 1.50. The topological polar surface area (TPSA) is 63.5 Å². The number of hydrogen-bond donors (Lipinski definition) is 0. The summed E-state index contributed by atoms with van der Waals surface area (Å²) in [6, 6.07) is 14.1. The lowest BCUT2D eigenvalue weighted by Gasteiger charge is -2.25. The molecular formula is C18H20N2O3S. The number of carbonyl (C=O) groups is 1. The van der Waals surface area contributed by atoms with E-state index in [-0.39, 0.29) is 17.6 Å². The van der Waals surface area contributed by atoms with E-state index in [1.54, 1.807) is 24.1 Å². The van der Waals surface area contributed by atoms with Gasteiger partial charge in [-0.05, 0) is 31.0 Å². The van der Waals surface area contributed by atoms with Gasteiger partial charge in [0.15, 0.2) is 0 Å². The molecule has 2 rings (SSSR count). The second-order valence-corrected chi connectivity index (χ2v) is 6.60. The fraction of sp³-hybridized carbons (Fsp3) is 0.278. The van der Waals surface area contributed by atoms with Crippen LogP contribution in [0, 0.1) is 17.0 Å². The highest BCUT2D eigenvalue weighted by Gasteiger charge is 2.19. The van der Waals surface area contributed by atoms with Gasteiger partial charge in [0.2, 0.25) is 5.91 Å². The summed E-state index contributed by atoms with van der Waals surface area (Å²) in [5, 5.41) is 10.9. The lowest BCUT2D eigenvalue weighted by molar-refractivity contribution is -0.384. The zero-order valence-electron chi connectivity index (χ0n) is 13.9. The van der Waals surface area contributed by atoms with Crippen LogP contribution in [0.1, 0.15) is 24.1 Å². The monoisotopic (exact) mass is 344 g/mol. The molecule has 0 radical (unpaired) electrons. The van der Waals surface area contributed by atoms with E-state index in [1.165, 1.54) is 23.9 Å². The number of nitrogens with zero attached hydrogens (tertiary/aromatic N) is 2. The smallest absolute Gasteiger partial charge is 0.269 e. The Kier molecular flexibility index (Phi) is 5.98. The summed E-state index contributed by atoms with van der Waals surface area (Å²) in [5.74, 6) is 0.322. The molecule has 0 spiro atoms. The molecule has 0 heterocycles. The van der Waals surface area contributed by atoms with E-state index < -0.39 is 4.92 Å². The van der Waals surface area contributed by atoms with Crippen molar-refractivity contribution in [1.29, 1.82) is 0 Å². The van der Waals surface area contributed by atoms with E-state index in [4.69, 9.17) is 0 Å². The Hall–Kier alpha value is -2.34. The van der Waals surface area contributed by atoms with Gasteiger partial charge in [-0.25, -0.2) is 0 Å². The predicted molar refractivity (Wildman–Crippen MR) is 96.2 cm³/mol. The molecule has 0 aliphatic rings. The molecule has 0 aromatic heterocycles. The van der Waals surface area contributed by atoms with Crippen molar-refractivity contribution in [3.05, 3.63) is 69.8 Å². The Morgan fingerprint density at radius 3 is 2.62 bits per heavy atom. The molecule has 24 heavy (non-hydrogen) atoms. The van der Waals surface area contributed by atoms with Gasteiger partial charge in [0.05, 0.1) is 16.7 Å². The fourth-order valence-electron chi connectivity index (χ4n) is 2.30. The van der Waals surface area contributed by atoms with Gasteiger partial charge < -0.3 is 4.90 Å². The van der Waals surface area contributed by atoms with E-state index in [9.17, 15) is 14.9 Å². The Morgan fingerprint density at radius 1 is 1.25 bits per heavy atom. The molecule has 1 amide bonds. The van der Waals surface area contributed by atoms with Gasteiger partial charge in [-0.15, -0.1) is 11.8 Å².